The van der Waals surface area contributed by atoms with Crippen molar-refractivity contribution in [1.29, 1.82) is 5.26 Å². The summed E-state index contributed by atoms with van der Waals surface area (Å²) < 4.78 is 27.3. The normalized spacial score (nSPS) is 10.8. The van der Waals surface area contributed by atoms with Gasteiger partial charge in [-0.3, -0.25) is 4.72 Å². The van der Waals surface area contributed by atoms with Crippen molar-refractivity contribution < 1.29 is 8.42 Å². The number of hydrogen-bond acceptors (Lipinski definition) is 5. The van der Waals surface area contributed by atoms with Gasteiger partial charge in [0.05, 0.1) is 21.8 Å². The van der Waals surface area contributed by atoms with Gasteiger partial charge >= 0.3 is 0 Å². The number of hydrogen-bond donors (Lipinski definition) is 2. The van der Waals surface area contributed by atoms with Gasteiger partial charge in [-0.2, -0.15) is 13.7 Å². The van der Waals surface area contributed by atoms with Crippen LogP contribution in [0.15, 0.2) is 28.7 Å². The number of sulfonamides is 1. The molecule has 0 radical (unpaired) electrons. The van der Waals surface area contributed by atoms with E-state index in [0.717, 1.165) is 10.9 Å². The molecule has 0 fully saturated rings. The lowest BCUT2D eigenvalue weighted by molar-refractivity contribution is 0.598. The number of nitriles is 1. The van der Waals surface area contributed by atoms with Gasteiger partial charge in [0.1, 0.15) is 6.07 Å². The second kappa shape index (κ2) is 7.03. The van der Waals surface area contributed by atoms with Crippen LogP contribution in [0.3, 0.4) is 0 Å². The van der Waals surface area contributed by atoms with E-state index < -0.39 is 10.0 Å². The van der Waals surface area contributed by atoms with Crippen LogP contribution < -0.4 is 4.72 Å². The molecule has 0 saturated heterocycles. The summed E-state index contributed by atoms with van der Waals surface area (Å²) in [5.41, 5.74) is 2.37. The summed E-state index contributed by atoms with van der Waals surface area (Å²) in [7, 11) is -3.75. The van der Waals surface area contributed by atoms with Crippen molar-refractivity contribution in [3.05, 3.63) is 39.8 Å². The molecule has 2 aromatic heterocycles. The third kappa shape index (κ3) is 3.27. The highest BCUT2D eigenvalue weighted by Gasteiger charge is 2.20. The maximum absolute atomic E-state index is 12.4. The van der Waals surface area contributed by atoms with Crippen molar-refractivity contribution >= 4 is 38.0 Å². The lowest BCUT2D eigenvalue weighted by Gasteiger charge is -2.08. The van der Waals surface area contributed by atoms with Gasteiger partial charge in [-0.1, -0.05) is 19.9 Å². The van der Waals surface area contributed by atoms with Crippen LogP contribution in [0.4, 0.5) is 5.69 Å². The maximum Gasteiger partial charge on any atom is 0.280 e. The highest BCUT2D eigenvalue weighted by molar-refractivity contribution is 7.92. The van der Waals surface area contributed by atoms with Crippen LogP contribution in [0.5, 0.6) is 0 Å². The molecule has 1 aromatic carbocycles. The minimum atomic E-state index is -3.75. The SMILES string of the molecule is CC.Cc1nc(S(=O)(=O)Nc2ccc(C)c3c(C#N)c[nH]c23)cs1. The van der Waals surface area contributed by atoms with E-state index in [1.54, 1.807) is 25.3 Å². The van der Waals surface area contributed by atoms with Gasteiger partial charge < -0.3 is 4.98 Å². The molecule has 3 aromatic rings. The first-order chi connectivity index (χ1) is 11.4. The Labute approximate surface area is 145 Å². The molecule has 8 heteroatoms. The maximum atomic E-state index is 12.4. The predicted octanol–water partition coefficient (Wildman–Crippen LogP) is 3.94. The number of nitrogens with one attached hydrogen (secondary N) is 2. The number of aromatic amines is 1. The Hall–Kier alpha value is -2.37. The highest BCUT2D eigenvalue weighted by atomic mass is 32.2. The van der Waals surface area contributed by atoms with Crippen LogP contribution in [-0.4, -0.2) is 18.4 Å². The molecule has 0 saturated carbocycles. The van der Waals surface area contributed by atoms with Crippen LogP contribution in [0.25, 0.3) is 10.9 Å². The number of H-pyrrole nitrogens is 1. The Balaban J connectivity index is 0.00000100. The summed E-state index contributed by atoms with van der Waals surface area (Å²) in [6.45, 7) is 7.62. The van der Waals surface area contributed by atoms with E-state index in [1.165, 1.54) is 16.7 Å². The molecule has 0 unspecified atom stereocenters. The summed E-state index contributed by atoms with van der Waals surface area (Å²) in [5.74, 6) is 0. The fourth-order valence-electron chi connectivity index (χ4n) is 2.26. The smallest absolute Gasteiger partial charge is 0.280 e. The number of nitrogens with zero attached hydrogens (tertiary/aromatic N) is 2. The zero-order chi connectivity index (χ0) is 17.9. The third-order valence-electron chi connectivity index (χ3n) is 3.28. The van der Waals surface area contributed by atoms with Gasteiger partial charge in [0.25, 0.3) is 10.0 Å². The number of fused-ring (bicyclic) bond motifs is 1. The lowest BCUT2D eigenvalue weighted by Crippen LogP contribution is -2.13. The molecule has 0 amide bonds. The summed E-state index contributed by atoms with van der Waals surface area (Å²) in [5, 5.41) is 12.0. The first kappa shape index (κ1) is 18.0. The first-order valence-corrected chi connectivity index (χ1v) is 9.74. The molecular weight excluding hydrogens is 344 g/mol. The number of benzene rings is 1. The Morgan fingerprint density at radius 2 is 2.00 bits per heavy atom. The third-order valence-corrected chi connectivity index (χ3v) is 5.45. The minimum Gasteiger partial charge on any atom is -0.358 e. The van der Waals surface area contributed by atoms with Crippen LogP contribution in [0, 0.1) is 25.2 Å². The second-order valence-electron chi connectivity index (χ2n) is 4.80. The van der Waals surface area contributed by atoms with Crippen LogP contribution >= 0.6 is 11.3 Å². The number of rotatable bonds is 3. The molecule has 2 N–H and O–H groups in total. The van der Waals surface area contributed by atoms with Crippen molar-refractivity contribution in [2.24, 2.45) is 0 Å². The summed E-state index contributed by atoms with van der Waals surface area (Å²) >= 11 is 1.27. The molecule has 0 atom stereocenters. The van der Waals surface area contributed by atoms with Gasteiger partial charge in [-0.05, 0) is 25.5 Å². The Morgan fingerprint density at radius 3 is 2.58 bits per heavy atom. The summed E-state index contributed by atoms with van der Waals surface area (Å²) in [6, 6.07) is 5.55. The average molecular weight is 362 g/mol. The van der Waals surface area contributed by atoms with Gasteiger partial charge in [-0.15, -0.1) is 11.3 Å². The average Bonchev–Trinajstić information content (AvgIpc) is 3.19. The van der Waals surface area contributed by atoms with Gasteiger partial charge in [-0.25, -0.2) is 4.98 Å². The quantitative estimate of drug-likeness (QED) is 0.737. The van der Waals surface area contributed by atoms with Crippen molar-refractivity contribution in [1.82, 2.24) is 9.97 Å². The number of aromatic nitrogens is 2. The van der Waals surface area contributed by atoms with Crippen molar-refractivity contribution in [2.45, 2.75) is 32.7 Å². The monoisotopic (exact) mass is 362 g/mol. The molecule has 0 bridgehead atoms. The van der Waals surface area contributed by atoms with E-state index in [1.807, 2.05) is 20.8 Å². The topological polar surface area (TPSA) is 98.6 Å². The largest absolute Gasteiger partial charge is 0.358 e. The standard InChI is InChI=1S/C14H12N4O2S2.C2H6/c1-8-3-4-11(14-13(8)10(5-15)6-16-14)18-22(19,20)12-7-21-9(2)17-12;1-2/h3-4,6-7,16,18H,1-2H3;1-2H3. The van der Waals surface area contributed by atoms with Crippen LogP contribution in [0.1, 0.15) is 30.0 Å². The van der Waals surface area contributed by atoms with E-state index in [-0.39, 0.29) is 5.03 Å². The van der Waals surface area contributed by atoms with Gasteiger partial charge in [0.15, 0.2) is 5.03 Å². The van der Waals surface area contributed by atoms with E-state index in [4.69, 9.17) is 5.26 Å². The fraction of sp³-hybridized carbons (Fsp3) is 0.250. The number of aryl methyl sites for hydroxylation is 2. The van der Waals surface area contributed by atoms with Crippen LogP contribution in [-0.2, 0) is 10.0 Å². The zero-order valence-electron chi connectivity index (χ0n) is 13.8. The van der Waals surface area contributed by atoms with Crippen molar-refractivity contribution in [2.75, 3.05) is 4.72 Å². The lowest BCUT2D eigenvalue weighted by atomic mass is 10.1. The van der Waals surface area contributed by atoms with Gasteiger partial charge in [0.2, 0.25) is 0 Å². The van der Waals surface area contributed by atoms with E-state index in [9.17, 15) is 8.42 Å². The second-order valence-corrected chi connectivity index (χ2v) is 7.50. The molecule has 0 aliphatic heterocycles. The Morgan fingerprint density at radius 1 is 1.29 bits per heavy atom. The molecule has 24 heavy (non-hydrogen) atoms. The van der Waals surface area contributed by atoms with Crippen molar-refractivity contribution in [3.63, 3.8) is 0 Å². The predicted molar refractivity (Wildman–Crippen MR) is 96.8 cm³/mol. The minimum absolute atomic E-state index is 0.00390. The molecule has 0 spiro atoms. The van der Waals surface area contributed by atoms with E-state index >= 15 is 0 Å². The first-order valence-electron chi connectivity index (χ1n) is 7.38. The van der Waals surface area contributed by atoms with Gasteiger partial charge in [0, 0.05) is 17.0 Å². The zero-order valence-corrected chi connectivity index (χ0v) is 15.5. The summed E-state index contributed by atoms with van der Waals surface area (Å²) in [4.78, 5) is 6.96. The van der Waals surface area contributed by atoms with Crippen molar-refractivity contribution in [3.8, 4) is 6.07 Å². The van der Waals surface area contributed by atoms with E-state index in [2.05, 4.69) is 20.8 Å². The molecule has 3 rings (SSSR count). The number of thiazole rings is 1. The Bertz CT molecular complexity index is 1010. The van der Waals surface area contributed by atoms with Crippen LogP contribution in [0.2, 0.25) is 0 Å². The van der Waals surface area contributed by atoms with E-state index in [0.29, 0.717) is 21.8 Å². The molecule has 0 aliphatic carbocycles. The molecule has 2 heterocycles. The molecular formula is C16H18N4O2S2. The molecule has 126 valence electrons. The number of anilines is 1. The molecule has 0 aliphatic rings. The molecule has 6 nitrogen and oxygen atoms in total. The highest BCUT2D eigenvalue weighted by Crippen LogP contribution is 2.30. The Kier molecular flexibility index (Phi) is 5.26. The summed E-state index contributed by atoms with van der Waals surface area (Å²) in [6.07, 6.45) is 1.57. The fourth-order valence-corrected chi connectivity index (χ4v) is 4.26.